The molecule has 9 heteroatoms. The number of nitrogens with zero attached hydrogens (tertiary/aromatic N) is 1. The van der Waals surface area contributed by atoms with Crippen LogP contribution in [0.1, 0.15) is 32.2 Å². The second-order valence-corrected chi connectivity index (χ2v) is 9.08. The fraction of sp³-hybridized carbons (Fsp3) is 0.136. The number of amides is 1. The van der Waals surface area contributed by atoms with Crippen molar-refractivity contribution in [2.75, 3.05) is 12.4 Å². The van der Waals surface area contributed by atoms with Crippen molar-refractivity contribution in [1.82, 2.24) is 4.98 Å². The predicted octanol–water partition coefficient (Wildman–Crippen LogP) is 6.18. The highest BCUT2D eigenvalue weighted by Crippen LogP contribution is 2.34. The second-order valence-electron chi connectivity index (χ2n) is 6.59. The molecule has 0 aliphatic rings. The molecule has 0 unspecified atom stereocenters. The Kier molecular flexibility index (Phi) is 6.31. The van der Waals surface area contributed by atoms with Crippen LogP contribution >= 0.6 is 34.7 Å². The summed E-state index contributed by atoms with van der Waals surface area (Å²) in [5.74, 6) is -0.262. The van der Waals surface area contributed by atoms with Crippen molar-refractivity contribution in [3.8, 4) is 0 Å². The van der Waals surface area contributed by atoms with Gasteiger partial charge in [0.2, 0.25) is 0 Å². The summed E-state index contributed by atoms with van der Waals surface area (Å²) < 4.78 is 11.5. The zero-order valence-corrected chi connectivity index (χ0v) is 19.0. The number of anilines is 1. The third-order valence-electron chi connectivity index (χ3n) is 4.48. The number of ether oxygens (including phenoxy) is 1. The zero-order valence-electron chi connectivity index (χ0n) is 16.6. The molecule has 2 heterocycles. The van der Waals surface area contributed by atoms with E-state index in [1.807, 2.05) is 36.6 Å². The molecule has 0 spiro atoms. The van der Waals surface area contributed by atoms with Crippen LogP contribution in [0.4, 0.5) is 5.69 Å². The van der Waals surface area contributed by atoms with Crippen molar-refractivity contribution in [2.24, 2.45) is 0 Å². The summed E-state index contributed by atoms with van der Waals surface area (Å²) in [5, 5.41) is 5.90. The molecule has 4 aromatic rings. The molecule has 0 saturated heterocycles. The molecule has 1 amide bonds. The zero-order chi connectivity index (χ0) is 22.0. The van der Waals surface area contributed by atoms with Crippen molar-refractivity contribution in [3.63, 3.8) is 0 Å². The molecule has 4 rings (SSSR count). The van der Waals surface area contributed by atoms with E-state index in [1.165, 1.54) is 25.3 Å². The van der Waals surface area contributed by atoms with Gasteiger partial charge in [-0.25, -0.2) is 9.78 Å². The van der Waals surface area contributed by atoms with Crippen LogP contribution in [0.3, 0.4) is 0 Å². The summed E-state index contributed by atoms with van der Waals surface area (Å²) in [6.45, 7) is 1.94. The Morgan fingerprint density at radius 2 is 2.06 bits per heavy atom. The lowest BCUT2D eigenvalue weighted by Gasteiger charge is -2.09. The number of furan rings is 1. The molecular formula is C22H17ClN2O4S2. The van der Waals surface area contributed by atoms with E-state index in [4.69, 9.17) is 20.8 Å². The van der Waals surface area contributed by atoms with Gasteiger partial charge in [0.05, 0.1) is 23.4 Å². The highest BCUT2D eigenvalue weighted by Gasteiger charge is 2.22. The lowest BCUT2D eigenvalue weighted by atomic mass is 10.1. The van der Waals surface area contributed by atoms with E-state index in [0.717, 1.165) is 21.0 Å². The number of methoxy groups -OCH3 is 1. The molecule has 0 atom stereocenters. The van der Waals surface area contributed by atoms with Gasteiger partial charge in [0.1, 0.15) is 9.92 Å². The minimum Gasteiger partial charge on any atom is -0.465 e. The maximum atomic E-state index is 13.1. The van der Waals surface area contributed by atoms with E-state index in [-0.39, 0.29) is 11.3 Å². The van der Waals surface area contributed by atoms with Gasteiger partial charge in [-0.1, -0.05) is 41.6 Å². The smallest absolute Gasteiger partial charge is 0.337 e. The number of hydrogen-bond acceptors (Lipinski definition) is 7. The number of aryl methyl sites for hydroxylation is 1. The first-order valence-electron chi connectivity index (χ1n) is 9.21. The predicted molar refractivity (Wildman–Crippen MR) is 123 cm³/mol. The van der Waals surface area contributed by atoms with E-state index >= 15 is 0 Å². The minimum absolute atomic E-state index is 0.196. The van der Waals surface area contributed by atoms with Crippen LogP contribution in [-0.4, -0.2) is 24.0 Å². The number of benzene rings is 2. The fourth-order valence-corrected chi connectivity index (χ4v) is 5.04. The summed E-state index contributed by atoms with van der Waals surface area (Å²) in [4.78, 5) is 29.4. The maximum absolute atomic E-state index is 13.1. The highest BCUT2D eigenvalue weighted by molar-refractivity contribution is 8.00. The van der Waals surface area contributed by atoms with E-state index in [0.29, 0.717) is 22.0 Å². The van der Waals surface area contributed by atoms with Crippen molar-refractivity contribution in [1.29, 1.82) is 0 Å². The summed E-state index contributed by atoms with van der Waals surface area (Å²) >= 11 is 9.34. The van der Waals surface area contributed by atoms with Gasteiger partial charge < -0.3 is 14.5 Å². The Labute approximate surface area is 191 Å². The lowest BCUT2D eigenvalue weighted by molar-refractivity contribution is 0.0600. The van der Waals surface area contributed by atoms with Crippen LogP contribution in [0.25, 0.3) is 11.0 Å². The van der Waals surface area contributed by atoms with Crippen LogP contribution < -0.4 is 5.32 Å². The lowest BCUT2D eigenvalue weighted by Crippen LogP contribution is -2.14. The molecule has 0 aliphatic carbocycles. The van der Waals surface area contributed by atoms with E-state index < -0.39 is 11.9 Å². The Balaban J connectivity index is 1.65. The number of nitrogens with one attached hydrogen (secondary N) is 1. The molecule has 0 bridgehead atoms. The maximum Gasteiger partial charge on any atom is 0.337 e. The van der Waals surface area contributed by atoms with Crippen LogP contribution in [0.5, 0.6) is 0 Å². The number of fused-ring (bicyclic) bond motifs is 1. The van der Waals surface area contributed by atoms with Crippen molar-refractivity contribution >= 4 is 63.2 Å². The Bertz CT molecular complexity index is 1280. The van der Waals surface area contributed by atoms with Crippen LogP contribution in [0.2, 0.25) is 5.02 Å². The van der Waals surface area contributed by atoms with Gasteiger partial charge in [0.15, 0.2) is 5.76 Å². The van der Waals surface area contributed by atoms with Crippen molar-refractivity contribution in [3.05, 3.63) is 75.4 Å². The van der Waals surface area contributed by atoms with Gasteiger partial charge in [-0.2, -0.15) is 0 Å². The number of carbonyl (C=O) groups is 2. The van der Waals surface area contributed by atoms with Gasteiger partial charge in [0.25, 0.3) is 5.91 Å². The highest BCUT2D eigenvalue weighted by atomic mass is 35.5. The molecule has 1 N–H and O–H groups in total. The molecule has 6 nitrogen and oxygen atoms in total. The summed E-state index contributed by atoms with van der Waals surface area (Å²) in [6.07, 6.45) is 0. The average molecular weight is 473 g/mol. The molecule has 31 heavy (non-hydrogen) atoms. The standard InChI is InChI=1S/C22H17ClN2O4S2/c1-12-10-30-22(24-12)31-11-15-14-5-3-4-6-18(14)29-19(15)20(26)25-17-9-13(21(27)28-2)7-8-16(17)23/h3-10H,11H2,1-2H3,(H,25,26). The average Bonchev–Trinajstić information content (AvgIpc) is 3.36. The Hall–Kier alpha value is -2.81. The molecule has 0 fully saturated rings. The van der Waals surface area contributed by atoms with Crippen LogP contribution in [0, 0.1) is 6.92 Å². The molecular weight excluding hydrogens is 456 g/mol. The number of rotatable bonds is 6. The number of hydrogen-bond donors (Lipinski definition) is 1. The number of esters is 1. The van der Waals surface area contributed by atoms with Gasteiger partial charge in [-0.05, 0) is 31.2 Å². The van der Waals surface area contributed by atoms with Gasteiger partial charge in [-0.3, -0.25) is 4.79 Å². The first-order valence-corrected chi connectivity index (χ1v) is 11.4. The third-order valence-corrected chi connectivity index (χ3v) is 6.97. The first kappa shape index (κ1) is 21.4. The topological polar surface area (TPSA) is 81.4 Å². The quantitative estimate of drug-likeness (QED) is 0.266. The number of thioether (sulfide) groups is 1. The summed E-state index contributed by atoms with van der Waals surface area (Å²) in [5.41, 5.74) is 2.92. The molecule has 0 radical (unpaired) electrons. The Morgan fingerprint density at radius 1 is 1.26 bits per heavy atom. The number of para-hydroxylation sites is 1. The Morgan fingerprint density at radius 3 is 2.81 bits per heavy atom. The number of carbonyl (C=O) groups excluding carboxylic acids is 2. The number of aromatic nitrogens is 1. The van der Waals surface area contributed by atoms with Gasteiger partial charge >= 0.3 is 5.97 Å². The number of thiazole rings is 1. The van der Waals surface area contributed by atoms with Gasteiger partial charge in [-0.15, -0.1) is 11.3 Å². The first-order chi connectivity index (χ1) is 15.0. The fourth-order valence-electron chi connectivity index (χ4n) is 3.00. The molecule has 0 saturated carbocycles. The molecule has 2 aromatic carbocycles. The van der Waals surface area contributed by atoms with Crippen molar-refractivity contribution in [2.45, 2.75) is 17.0 Å². The molecule has 0 aliphatic heterocycles. The van der Waals surface area contributed by atoms with E-state index in [2.05, 4.69) is 10.3 Å². The van der Waals surface area contributed by atoms with E-state index in [9.17, 15) is 9.59 Å². The minimum atomic E-state index is -0.522. The molecule has 2 aromatic heterocycles. The number of halogens is 1. The molecule has 158 valence electrons. The summed E-state index contributed by atoms with van der Waals surface area (Å²) in [6, 6.07) is 12.0. The summed E-state index contributed by atoms with van der Waals surface area (Å²) in [7, 11) is 1.29. The van der Waals surface area contributed by atoms with Crippen LogP contribution in [-0.2, 0) is 10.5 Å². The largest absolute Gasteiger partial charge is 0.465 e. The van der Waals surface area contributed by atoms with E-state index in [1.54, 1.807) is 23.1 Å². The van der Waals surface area contributed by atoms with Crippen LogP contribution in [0.15, 0.2) is 56.6 Å². The van der Waals surface area contributed by atoms with Crippen molar-refractivity contribution < 1.29 is 18.7 Å². The SMILES string of the molecule is COC(=O)c1ccc(Cl)c(NC(=O)c2oc3ccccc3c2CSc2nc(C)cs2)c1. The second kappa shape index (κ2) is 9.13. The third kappa shape index (κ3) is 4.61. The van der Waals surface area contributed by atoms with Gasteiger partial charge in [0, 0.05) is 27.8 Å². The normalized spacial score (nSPS) is 10.9. The monoisotopic (exact) mass is 472 g/mol.